The fourth-order valence-electron chi connectivity index (χ4n) is 9.50. The van der Waals surface area contributed by atoms with Crippen LogP contribution >= 0.6 is 0 Å². The summed E-state index contributed by atoms with van der Waals surface area (Å²) in [6.45, 7) is 6.80. The fourth-order valence-corrected chi connectivity index (χ4v) is 9.50. The molecule has 1 spiro atoms. The molecule has 10 heteroatoms. The third-order valence-electron chi connectivity index (χ3n) is 11.0. The van der Waals surface area contributed by atoms with Crippen molar-refractivity contribution in [2.75, 3.05) is 48.3 Å². The first-order chi connectivity index (χ1) is 18.6. The number of nitrogens with zero attached hydrogens (tertiary/aromatic N) is 1. The Balaban J connectivity index is 1.64. The van der Waals surface area contributed by atoms with E-state index in [-0.39, 0.29) is 56.4 Å². The van der Waals surface area contributed by atoms with E-state index in [1.807, 2.05) is 13.8 Å². The Morgan fingerprint density at radius 1 is 0.949 bits per heavy atom. The molecule has 1 aliphatic heterocycles. The van der Waals surface area contributed by atoms with Gasteiger partial charge >= 0.3 is 0 Å². The molecule has 0 amide bonds. The van der Waals surface area contributed by atoms with E-state index in [2.05, 4.69) is 13.0 Å². The molecule has 0 aromatic carbocycles. The number of methoxy groups -OCH3 is 3. The summed E-state index contributed by atoms with van der Waals surface area (Å²) in [6, 6.07) is 2.60. The van der Waals surface area contributed by atoms with E-state index in [9.17, 15) is 10.4 Å². The normalized spacial score (nSPS) is 48.4. The lowest BCUT2D eigenvalue weighted by Gasteiger charge is -2.71. The summed E-state index contributed by atoms with van der Waals surface area (Å²) in [6.07, 6.45) is 3.64. The minimum absolute atomic E-state index is 0.000707. The number of hydrogen-bond acceptors (Lipinski definition) is 10. The van der Waals surface area contributed by atoms with Crippen molar-refractivity contribution in [3.63, 3.8) is 0 Å². The molecule has 4 aliphatic carbocycles. The number of ether oxygens (including phenoxy) is 8. The zero-order valence-electron chi connectivity index (χ0n) is 24.4. The van der Waals surface area contributed by atoms with E-state index in [4.69, 9.17) is 37.9 Å². The number of nitriles is 1. The predicted octanol–water partition coefficient (Wildman–Crippen LogP) is 3.36. The van der Waals surface area contributed by atoms with E-state index in [0.717, 1.165) is 19.3 Å². The summed E-state index contributed by atoms with van der Waals surface area (Å²) >= 11 is 0. The largest absolute Gasteiger partial charge is 0.389 e. The standard InChI is InChI=1S/C29H47NO9/c1-25(2)37-15-28-23(39-25)11-20(35-16-32-4)12-27(28,31)9-8-21-24(28)22(36-17-33-5)13-26(3)19(14-30)7-10-29(21,26)38-18-34-6/h19-24,31H,7-13,15-18H2,1-6H3/t19-,20+,21?,22+,23-,24?,26-,27+,28-,29+/m1/s1. The van der Waals surface area contributed by atoms with Crippen LogP contribution in [0.15, 0.2) is 0 Å². The maximum atomic E-state index is 12.7. The van der Waals surface area contributed by atoms with Gasteiger partial charge in [-0.2, -0.15) is 5.26 Å². The first-order valence-corrected chi connectivity index (χ1v) is 14.3. The van der Waals surface area contributed by atoms with Crippen LogP contribution in [0.25, 0.3) is 0 Å². The summed E-state index contributed by atoms with van der Waals surface area (Å²) in [7, 11) is 4.86. The minimum Gasteiger partial charge on any atom is -0.389 e. The molecule has 10 nitrogen and oxygen atoms in total. The van der Waals surface area contributed by atoms with Crippen molar-refractivity contribution in [2.24, 2.45) is 28.6 Å². The highest BCUT2D eigenvalue weighted by atomic mass is 16.7. The zero-order chi connectivity index (χ0) is 28.1. The van der Waals surface area contributed by atoms with Gasteiger partial charge in [0.1, 0.15) is 20.4 Å². The van der Waals surface area contributed by atoms with E-state index in [0.29, 0.717) is 32.3 Å². The topological polar surface area (TPSA) is 118 Å². The Bertz CT molecular complexity index is 927. The smallest absolute Gasteiger partial charge is 0.163 e. The molecule has 39 heavy (non-hydrogen) atoms. The lowest BCUT2D eigenvalue weighted by Crippen LogP contribution is -2.78. The van der Waals surface area contributed by atoms with Gasteiger partial charge in [-0.25, -0.2) is 0 Å². The summed E-state index contributed by atoms with van der Waals surface area (Å²) < 4.78 is 48.5. The minimum atomic E-state index is -1.11. The van der Waals surface area contributed by atoms with E-state index < -0.39 is 27.8 Å². The molecule has 5 fully saturated rings. The molecule has 5 rings (SSSR count). The Morgan fingerprint density at radius 3 is 2.36 bits per heavy atom. The van der Waals surface area contributed by atoms with Gasteiger partial charge < -0.3 is 43.0 Å². The molecular formula is C29H47NO9. The van der Waals surface area contributed by atoms with Crippen molar-refractivity contribution < 1.29 is 43.0 Å². The van der Waals surface area contributed by atoms with Crippen LogP contribution in [0.3, 0.4) is 0 Å². The molecule has 5 aliphatic rings. The molecule has 10 atom stereocenters. The van der Waals surface area contributed by atoms with Crippen molar-refractivity contribution in [2.45, 2.75) is 101 Å². The second-order valence-corrected chi connectivity index (χ2v) is 13.1. The molecule has 222 valence electrons. The van der Waals surface area contributed by atoms with Crippen LogP contribution in [-0.2, 0) is 37.9 Å². The van der Waals surface area contributed by atoms with E-state index >= 15 is 0 Å². The average Bonchev–Trinajstić information content (AvgIpc) is 3.19. The summed E-state index contributed by atoms with van der Waals surface area (Å²) in [5, 5.41) is 22.9. The first kappa shape index (κ1) is 29.6. The van der Waals surface area contributed by atoms with Crippen molar-refractivity contribution >= 4 is 0 Å². The third-order valence-corrected chi connectivity index (χ3v) is 11.0. The maximum absolute atomic E-state index is 12.7. The molecular weight excluding hydrogens is 506 g/mol. The van der Waals surface area contributed by atoms with Crippen LogP contribution in [0, 0.1) is 39.9 Å². The van der Waals surface area contributed by atoms with Crippen LogP contribution in [0.5, 0.6) is 0 Å². The van der Waals surface area contributed by atoms with Crippen LogP contribution in [0.1, 0.15) is 65.7 Å². The second kappa shape index (κ2) is 10.8. The molecule has 1 heterocycles. The summed E-state index contributed by atoms with van der Waals surface area (Å²) in [5.74, 6) is -1.13. The Morgan fingerprint density at radius 2 is 1.67 bits per heavy atom. The Hall–Kier alpha value is -0.870. The SMILES string of the molecule is COCO[C@H]1C[C@H]2OC(C)(C)OC[C@]23C2C(CC[C@]3(O)C1)[C@@]1(OCOC)CC[C@H](C#N)[C@@]1(C)C[C@@H]2OCOC. The van der Waals surface area contributed by atoms with Crippen molar-refractivity contribution in [1.29, 1.82) is 5.26 Å². The third kappa shape index (κ3) is 4.39. The molecule has 1 N–H and O–H groups in total. The van der Waals surface area contributed by atoms with Gasteiger partial charge in [-0.3, -0.25) is 0 Å². The molecule has 1 saturated heterocycles. The Labute approximate surface area is 232 Å². The highest BCUT2D eigenvalue weighted by molar-refractivity contribution is 5.27. The van der Waals surface area contributed by atoms with Crippen LogP contribution in [-0.4, -0.2) is 88.7 Å². The molecule has 4 saturated carbocycles. The first-order valence-electron chi connectivity index (χ1n) is 14.3. The lowest BCUT2D eigenvalue weighted by atomic mass is 9.40. The predicted molar refractivity (Wildman–Crippen MR) is 138 cm³/mol. The number of aliphatic hydroxyl groups is 1. The molecule has 0 aromatic heterocycles. The maximum Gasteiger partial charge on any atom is 0.163 e. The summed E-state index contributed by atoms with van der Waals surface area (Å²) in [5.41, 5.74) is -2.91. The van der Waals surface area contributed by atoms with E-state index in [1.54, 1.807) is 21.3 Å². The van der Waals surface area contributed by atoms with Crippen molar-refractivity contribution in [1.82, 2.24) is 0 Å². The van der Waals surface area contributed by atoms with Gasteiger partial charge in [0.15, 0.2) is 5.79 Å². The van der Waals surface area contributed by atoms with Gasteiger partial charge in [0.25, 0.3) is 0 Å². The quantitative estimate of drug-likeness (QED) is 0.426. The van der Waals surface area contributed by atoms with Gasteiger partial charge in [0, 0.05) is 45.5 Å². The number of fused-ring (bicyclic) bond motifs is 3. The molecule has 0 aromatic rings. The highest BCUT2D eigenvalue weighted by Gasteiger charge is 2.77. The Kier molecular flexibility index (Phi) is 8.17. The van der Waals surface area contributed by atoms with Gasteiger partial charge in [-0.1, -0.05) is 6.92 Å². The lowest BCUT2D eigenvalue weighted by molar-refractivity contribution is -0.408. The fraction of sp³-hybridized carbons (Fsp3) is 0.966. The van der Waals surface area contributed by atoms with Crippen molar-refractivity contribution in [3.05, 3.63) is 0 Å². The second-order valence-electron chi connectivity index (χ2n) is 13.1. The molecule has 0 bridgehead atoms. The highest BCUT2D eigenvalue weighted by Crippen LogP contribution is 2.72. The van der Waals surface area contributed by atoms with Crippen LogP contribution < -0.4 is 0 Å². The summed E-state index contributed by atoms with van der Waals surface area (Å²) in [4.78, 5) is 0. The number of hydrogen-bond donors (Lipinski definition) is 1. The van der Waals surface area contributed by atoms with Gasteiger partial charge in [0.2, 0.25) is 0 Å². The molecule has 2 unspecified atom stereocenters. The van der Waals surface area contributed by atoms with Gasteiger partial charge in [-0.15, -0.1) is 0 Å². The average molecular weight is 554 g/mol. The van der Waals surface area contributed by atoms with Crippen LogP contribution in [0.2, 0.25) is 0 Å². The van der Waals surface area contributed by atoms with Crippen LogP contribution in [0.4, 0.5) is 0 Å². The monoisotopic (exact) mass is 553 g/mol. The van der Waals surface area contributed by atoms with Crippen molar-refractivity contribution in [3.8, 4) is 6.07 Å². The molecule has 0 radical (unpaired) electrons. The zero-order valence-corrected chi connectivity index (χ0v) is 24.4. The van der Waals surface area contributed by atoms with Gasteiger partial charge in [-0.05, 0) is 51.9 Å². The van der Waals surface area contributed by atoms with Gasteiger partial charge in [0.05, 0.1) is 53.5 Å². The van der Waals surface area contributed by atoms with E-state index in [1.165, 1.54) is 0 Å². The number of rotatable bonds is 9.